The van der Waals surface area contributed by atoms with Gasteiger partial charge in [0.2, 0.25) is 0 Å². The van der Waals surface area contributed by atoms with E-state index in [4.69, 9.17) is 4.43 Å². The van der Waals surface area contributed by atoms with Crippen molar-refractivity contribution in [3.8, 4) is 0 Å². The van der Waals surface area contributed by atoms with Crippen LogP contribution in [0.5, 0.6) is 0 Å². The minimum atomic E-state index is -1.74. The fourth-order valence-electron chi connectivity index (χ4n) is 2.26. The highest BCUT2D eigenvalue weighted by Gasteiger charge is 2.38. The van der Waals surface area contributed by atoms with Crippen molar-refractivity contribution in [3.05, 3.63) is 32.8 Å². The molecular weight excluding hydrogens is 412 g/mol. The Morgan fingerprint density at radius 2 is 1.85 bits per heavy atom. The molecule has 0 atom stereocenters. The van der Waals surface area contributed by atoms with Crippen LogP contribution in [0.2, 0.25) is 18.1 Å². The van der Waals surface area contributed by atoms with E-state index in [1.54, 1.807) is 12.1 Å². The molecule has 0 spiro atoms. The standard InChI is InChI=1S/C19H33BrN2O3Si/c1-18(2,3)26(6,7)25-14-19(4,5)11-8-12-21-16-13-15(20)9-10-17(16)22(23)24/h9-10,13,21H,8,11-12,14H2,1-7H3. The molecule has 7 heteroatoms. The molecule has 0 amide bonds. The van der Waals surface area contributed by atoms with Gasteiger partial charge >= 0.3 is 0 Å². The molecule has 0 aromatic heterocycles. The normalized spacial score (nSPS) is 12.9. The second kappa shape index (κ2) is 8.84. The predicted molar refractivity (Wildman–Crippen MR) is 115 cm³/mol. The summed E-state index contributed by atoms with van der Waals surface area (Å²) in [5, 5.41) is 14.5. The maximum Gasteiger partial charge on any atom is 0.292 e. The summed E-state index contributed by atoms with van der Waals surface area (Å²) in [4.78, 5) is 10.8. The fraction of sp³-hybridized carbons (Fsp3) is 0.684. The van der Waals surface area contributed by atoms with Crippen LogP contribution in [0, 0.1) is 15.5 Å². The highest BCUT2D eigenvalue weighted by molar-refractivity contribution is 9.10. The molecule has 5 nitrogen and oxygen atoms in total. The average molecular weight is 445 g/mol. The lowest BCUT2D eigenvalue weighted by atomic mass is 9.89. The summed E-state index contributed by atoms with van der Waals surface area (Å²) in [7, 11) is -1.74. The molecule has 1 N–H and O–H groups in total. The maximum absolute atomic E-state index is 11.1. The summed E-state index contributed by atoms with van der Waals surface area (Å²) in [5.41, 5.74) is 0.744. The number of rotatable bonds is 9. The number of nitrogens with zero attached hydrogens (tertiary/aromatic N) is 1. The minimum Gasteiger partial charge on any atom is -0.416 e. The number of nitrogens with one attached hydrogen (secondary N) is 1. The summed E-state index contributed by atoms with van der Waals surface area (Å²) in [6.07, 6.45) is 1.92. The summed E-state index contributed by atoms with van der Waals surface area (Å²) in [6.45, 7) is 17.2. The first-order valence-electron chi connectivity index (χ1n) is 9.07. The van der Waals surface area contributed by atoms with Crippen LogP contribution in [0.15, 0.2) is 22.7 Å². The second-order valence-corrected chi connectivity index (χ2v) is 14.9. The van der Waals surface area contributed by atoms with Crippen LogP contribution in [0.4, 0.5) is 11.4 Å². The van der Waals surface area contributed by atoms with Crippen molar-refractivity contribution in [3.63, 3.8) is 0 Å². The number of anilines is 1. The maximum atomic E-state index is 11.1. The predicted octanol–water partition coefficient (Wildman–Crippen LogP) is 6.60. The molecule has 26 heavy (non-hydrogen) atoms. The van der Waals surface area contributed by atoms with E-state index >= 15 is 0 Å². The van der Waals surface area contributed by atoms with Gasteiger partial charge in [-0.1, -0.05) is 50.5 Å². The Balaban J connectivity index is 2.53. The summed E-state index contributed by atoms with van der Waals surface area (Å²) >= 11 is 3.37. The molecule has 1 rings (SSSR count). The van der Waals surface area contributed by atoms with Gasteiger partial charge in [0, 0.05) is 23.7 Å². The SMILES string of the molecule is CC(C)(CCCNc1cc(Br)ccc1[N+](=O)[O-])CO[Si](C)(C)C(C)(C)C. The third kappa shape index (κ3) is 7.00. The Morgan fingerprint density at radius 3 is 2.38 bits per heavy atom. The van der Waals surface area contributed by atoms with E-state index in [0.29, 0.717) is 12.2 Å². The van der Waals surface area contributed by atoms with Gasteiger partial charge in [-0.25, -0.2) is 0 Å². The van der Waals surface area contributed by atoms with Gasteiger partial charge in [0.25, 0.3) is 5.69 Å². The molecule has 0 aliphatic heterocycles. The van der Waals surface area contributed by atoms with E-state index in [1.807, 2.05) is 0 Å². The molecule has 1 aromatic carbocycles. The smallest absolute Gasteiger partial charge is 0.292 e. The van der Waals surface area contributed by atoms with Crippen LogP contribution in [0.1, 0.15) is 47.5 Å². The van der Waals surface area contributed by atoms with E-state index < -0.39 is 8.32 Å². The summed E-state index contributed by atoms with van der Waals surface area (Å²) < 4.78 is 7.19. The van der Waals surface area contributed by atoms with E-state index in [-0.39, 0.29) is 21.1 Å². The molecule has 0 heterocycles. The Morgan fingerprint density at radius 1 is 1.23 bits per heavy atom. The zero-order chi connectivity index (χ0) is 20.2. The number of nitro benzene ring substituents is 1. The Bertz CT molecular complexity index is 628. The van der Waals surface area contributed by atoms with Crippen LogP contribution < -0.4 is 5.32 Å². The minimum absolute atomic E-state index is 0.0837. The van der Waals surface area contributed by atoms with Crippen molar-refractivity contribution in [2.24, 2.45) is 5.41 Å². The van der Waals surface area contributed by atoms with Gasteiger partial charge in [-0.2, -0.15) is 0 Å². The molecule has 0 unspecified atom stereocenters. The Kier molecular flexibility index (Phi) is 7.86. The third-order valence-electron chi connectivity index (χ3n) is 5.13. The zero-order valence-corrected chi connectivity index (χ0v) is 19.7. The number of nitro groups is 1. The van der Waals surface area contributed by atoms with Crippen LogP contribution in [0.25, 0.3) is 0 Å². The quantitative estimate of drug-likeness (QED) is 0.201. The number of halogens is 1. The van der Waals surface area contributed by atoms with Gasteiger partial charge in [-0.15, -0.1) is 0 Å². The number of hydrogen-bond acceptors (Lipinski definition) is 4. The lowest BCUT2D eigenvalue weighted by molar-refractivity contribution is -0.384. The van der Waals surface area contributed by atoms with Crippen molar-refractivity contribution >= 4 is 35.6 Å². The van der Waals surface area contributed by atoms with Crippen molar-refractivity contribution in [2.75, 3.05) is 18.5 Å². The topological polar surface area (TPSA) is 64.4 Å². The van der Waals surface area contributed by atoms with Crippen LogP contribution >= 0.6 is 15.9 Å². The lowest BCUT2D eigenvalue weighted by Gasteiger charge is -2.39. The first-order chi connectivity index (χ1) is 11.8. The molecule has 0 aliphatic rings. The van der Waals surface area contributed by atoms with Crippen molar-refractivity contribution in [1.29, 1.82) is 0 Å². The molecule has 0 aliphatic carbocycles. The van der Waals surface area contributed by atoms with E-state index in [2.05, 4.69) is 69.0 Å². The third-order valence-corrected chi connectivity index (χ3v) is 10.1. The molecule has 0 bridgehead atoms. The lowest BCUT2D eigenvalue weighted by Crippen LogP contribution is -2.43. The van der Waals surface area contributed by atoms with Crippen molar-refractivity contribution < 1.29 is 9.35 Å². The highest BCUT2D eigenvalue weighted by atomic mass is 79.9. The summed E-state index contributed by atoms with van der Waals surface area (Å²) in [6, 6.07) is 4.96. The van der Waals surface area contributed by atoms with E-state index in [1.165, 1.54) is 6.07 Å². The van der Waals surface area contributed by atoms with E-state index in [0.717, 1.165) is 23.9 Å². The monoisotopic (exact) mass is 444 g/mol. The number of benzene rings is 1. The Hall–Kier alpha value is -0.923. The average Bonchev–Trinajstić information content (AvgIpc) is 2.48. The first-order valence-corrected chi connectivity index (χ1v) is 12.8. The van der Waals surface area contributed by atoms with Gasteiger partial charge in [0.15, 0.2) is 8.32 Å². The summed E-state index contributed by atoms with van der Waals surface area (Å²) in [5.74, 6) is 0. The molecule has 0 radical (unpaired) electrons. The van der Waals surface area contributed by atoms with Crippen LogP contribution in [0.3, 0.4) is 0 Å². The number of hydrogen-bond donors (Lipinski definition) is 1. The van der Waals surface area contributed by atoms with Gasteiger partial charge in [0.1, 0.15) is 5.69 Å². The first kappa shape index (κ1) is 23.1. The fourth-order valence-corrected chi connectivity index (χ4v) is 3.81. The molecule has 148 valence electrons. The van der Waals surface area contributed by atoms with E-state index in [9.17, 15) is 10.1 Å². The van der Waals surface area contributed by atoms with Gasteiger partial charge in [-0.3, -0.25) is 10.1 Å². The van der Waals surface area contributed by atoms with Crippen LogP contribution in [-0.4, -0.2) is 26.4 Å². The molecular formula is C19H33BrN2O3Si. The van der Waals surface area contributed by atoms with Crippen LogP contribution in [-0.2, 0) is 4.43 Å². The molecule has 0 saturated heterocycles. The Labute approximate surface area is 167 Å². The van der Waals surface area contributed by atoms with Gasteiger partial charge in [-0.05, 0) is 48.5 Å². The zero-order valence-electron chi connectivity index (χ0n) is 17.1. The molecule has 0 saturated carbocycles. The largest absolute Gasteiger partial charge is 0.416 e. The van der Waals surface area contributed by atoms with Crippen molar-refractivity contribution in [1.82, 2.24) is 0 Å². The molecule has 1 aromatic rings. The van der Waals surface area contributed by atoms with Gasteiger partial charge < -0.3 is 9.74 Å². The van der Waals surface area contributed by atoms with Gasteiger partial charge in [0.05, 0.1) is 4.92 Å². The molecule has 0 fully saturated rings. The highest BCUT2D eigenvalue weighted by Crippen LogP contribution is 2.38. The second-order valence-electron chi connectivity index (χ2n) is 9.16. The van der Waals surface area contributed by atoms with Crippen molar-refractivity contribution in [2.45, 2.75) is 65.6 Å².